The minimum atomic E-state index is -2.91. The molecule has 0 heterocycles. The summed E-state index contributed by atoms with van der Waals surface area (Å²) in [4.78, 5) is 13.3. The molecule has 0 radical (unpaired) electrons. The average molecular weight is 372 g/mol. The van der Waals surface area contributed by atoms with Gasteiger partial charge < -0.3 is 9.26 Å². The number of carbonyl (C=O) groups is 1. The zero-order valence-electron chi connectivity index (χ0n) is 15.1. The number of hydrogen-bond donors (Lipinski definition) is 0. The van der Waals surface area contributed by atoms with Crippen molar-refractivity contribution in [3.63, 3.8) is 0 Å². The Kier molecular flexibility index (Phi) is 9.72. The molecule has 0 saturated heterocycles. The number of hydrogen-bond acceptors (Lipinski definition) is 5. The molecule has 136 valence electrons. The van der Waals surface area contributed by atoms with Gasteiger partial charge in [-0.15, -0.1) is 11.8 Å². The number of thioether (sulfide) groups is 1. The van der Waals surface area contributed by atoms with E-state index in [-0.39, 0.29) is 18.0 Å². The molecule has 0 bridgehead atoms. The van der Waals surface area contributed by atoms with Gasteiger partial charge in [0.15, 0.2) is 0 Å². The molecular formula is C18H29O4PS. The van der Waals surface area contributed by atoms with Crippen LogP contribution in [0.3, 0.4) is 0 Å². The molecule has 2 atom stereocenters. The summed E-state index contributed by atoms with van der Waals surface area (Å²) in [6, 6.07) is 9.82. The molecule has 1 rings (SSSR count). The van der Waals surface area contributed by atoms with Crippen molar-refractivity contribution in [1.29, 1.82) is 0 Å². The van der Waals surface area contributed by atoms with Gasteiger partial charge in [0.05, 0.1) is 24.6 Å². The molecular weight excluding hydrogens is 343 g/mol. The van der Waals surface area contributed by atoms with Crippen LogP contribution < -0.4 is 0 Å². The minimum absolute atomic E-state index is 0.248. The maximum absolute atomic E-state index is 13.2. The van der Waals surface area contributed by atoms with Gasteiger partial charge in [0.25, 0.3) is 0 Å². The van der Waals surface area contributed by atoms with Gasteiger partial charge in [-0.2, -0.15) is 0 Å². The van der Waals surface area contributed by atoms with Crippen LogP contribution in [0.2, 0.25) is 0 Å². The molecule has 1 aromatic rings. The van der Waals surface area contributed by atoms with Crippen LogP contribution in [0.5, 0.6) is 0 Å². The van der Waals surface area contributed by atoms with Crippen LogP contribution in [0.4, 0.5) is 0 Å². The molecule has 0 amide bonds. The molecule has 1 aromatic carbocycles. The monoisotopic (exact) mass is 372 g/mol. The first kappa shape index (κ1) is 21.3. The summed E-state index contributed by atoms with van der Waals surface area (Å²) >= 11 is 1.51. The molecule has 0 saturated carbocycles. The van der Waals surface area contributed by atoms with E-state index < -0.39 is 7.37 Å². The van der Waals surface area contributed by atoms with Crippen molar-refractivity contribution < 1.29 is 18.6 Å². The van der Waals surface area contributed by atoms with Crippen LogP contribution in [0, 0.1) is 11.8 Å². The second-order valence-corrected chi connectivity index (χ2v) is 10.1. The Morgan fingerprint density at radius 2 is 1.83 bits per heavy atom. The van der Waals surface area contributed by atoms with Crippen LogP contribution in [0.25, 0.3) is 0 Å². The largest absolute Gasteiger partial charge is 0.466 e. The molecule has 24 heavy (non-hydrogen) atoms. The van der Waals surface area contributed by atoms with E-state index in [1.54, 1.807) is 6.92 Å². The fourth-order valence-corrected chi connectivity index (χ4v) is 6.48. The Morgan fingerprint density at radius 3 is 2.38 bits per heavy atom. The lowest BCUT2D eigenvalue weighted by atomic mass is 9.99. The van der Waals surface area contributed by atoms with Gasteiger partial charge in [0, 0.05) is 11.1 Å². The molecule has 6 heteroatoms. The summed E-state index contributed by atoms with van der Waals surface area (Å²) in [6.07, 6.45) is 0.906. The van der Waals surface area contributed by atoms with Gasteiger partial charge in [-0.3, -0.25) is 9.36 Å². The van der Waals surface area contributed by atoms with Crippen LogP contribution >= 0.6 is 19.1 Å². The van der Waals surface area contributed by atoms with Gasteiger partial charge in [-0.05, 0) is 38.3 Å². The lowest BCUT2D eigenvalue weighted by Crippen LogP contribution is -2.24. The maximum Gasteiger partial charge on any atom is 0.309 e. The molecule has 0 aliphatic heterocycles. The molecule has 0 spiro atoms. The summed E-state index contributed by atoms with van der Waals surface area (Å²) in [7, 11) is -2.91. The lowest BCUT2D eigenvalue weighted by molar-refractivity contribution is -0.147. The molecule has 0 aliphatic carbocycles. The lowest BCUT2D eigenvalue weighted by Gasteiger charge is -2.23. The summed E-state index contributed by atoms with van der Waals surface area (Å²) in [6.45, 7) is 8.45. The number of benzene rings is 1. The first-order valence-electron chi connectivity index (χ1n) is 8.47. The second-order valence-electron chi connectivity index (χ2n) is 6.08. The molecule has 0 N–H and O–H groups in total. The van der Waals surface area contributed by atoms with Gasteiger partial charge in [-0.25, -0.2) is 0 Å². The predicted molar refractivity (Wildman–Crippen MR) is 101 cm³/mol. The van der Waals surface area contributed by atoms with E-state index in [0.29, 0.717) is 31.0 Å². The van der Waals surface area contributed by atoms with Crippen molar-refractivity contribution >= 4 is 25.1 Å². The van der Waals surface area contributed by atoms with E-state index in [9.17, 15) is 9.36 Å². The van der Waals surface area contributed by atoms with E-state index in [1.165, 1.54) is 11.8 Å². The maximum atomic E-state index is 13.2. The van der Waals surface area contributed by atoms with E-state index in [4.69, 9.17) is 9.26 Å². The second kappa shape index (κ2) is 11.0. The van der Waals surface area contributed by atoms with Crippen molar-refractivity contribution in [3.05, 3.63) is 30.3 Å². The molecule has 0 aromatic heterocycles. The zero-order chi connectivity index (χ0) is 18.0. The summed E-state index contributed by atoms with van der Waals surface area (Å²) < 4.78 is 24.0. The topological polar surface area (TPSA) is 52.6 Å². The van der Waals surface area contributed by atoms with Crippen molar-refractivity contribution in [2.75, 3.05) is 24.9 Å². The predicted octanol–water partition coefficient (Wildman–Crippen LogP) is 5.28. The van der Waals surface area contributed by atoms with E-state index >= 15 is 0 Å². The highest BCUT2D eigenvalue weighted by Crippen LogP contribution is 2.53. The number of rotatable bonds is 11. The fraction of sp³-hybridized carbons (Fsp3) is 0.611. The quantitative estimate of drug-likeness (QED) is 0.301. The molecule has 4 nitrogen and oxygen atoms in total. The average Bonchev–Trinajstić information content (AvgIpc) is 2.53. The highest BCUT2D eigenvalue weighted by atomic mass is 32.2. The first-order chi connectivity index (χ1) is 11.4. The van der Waals surface area contributed by atoms with Gasteiger partial charge in [0.1, 0.15) is 0 Å². The van der Waals surface area contributed by atoms with Gasteiger partial charge in [-0.1, -0.05) is 32.0 Å². The van der Waals surface area contributed by atoms with Gasteiger partial charge >= 0.3 is 5.97 Å². The van der Waals surface area contributed by atoms with Crippen molar-refractivity contribution in [2.45, 2.75) is 39.0 Å². The third-order valence-electron chi connectivity index (χ3n) is 3.41. The Balaban J connectivity index is 2.81. The molecule has 0 aliphatic rings. The van der Waals surface area contributed by atoms with Crippen LogP contribution in [-0.2, 0) is 18.6 Å². The van der Waals surface area contributed by atoms with E-state index in [1.807, 2.05) is 37.3 Å². The number of ether oxygens (including phenoxy) is 1. The third-order valence-corrected chi connectivity index (χ3v) is 7.83. The summed E-state index contributed by atoms with van der Waals surface area (Å²) in [5.74, 6) is -0.314. The third kappa shape index (κ3) is 7.87. The summed E-state index contributed by atoms with van der Waals surface area (Å²) in [5, 5.41) is 0. The Labute approximate surface area is 150 Å². The fourth-order valence-electron chi connectivity index (χ4n) is 2.48. The Bertz CT molecular complexity index is 533. The smallest absolute Gasteiger partial charge is 0.309 e. The SMILES string of the molecule is CCOC(=O)C(CC(C)C)CP(=O)(CSc1ccccc1)OCC. The normalized spacial score (nSPS) is 15.0. The van der Waals surface area contributed by atoms with Crippen LogP contribution in [0.15, 0.2) is 35.2 Å². The van der Waals surface area contributed by atoms with Crippen molar-refractivity contribution in [1.82, 2.24) is 0 Å². The first-order valence-corrected chi connectivity index (χ1v) is 11.4. The van der Waals surface area contributed by atoms with Crippen molar-refractivity contribution in [3.8, 4) is 0 Å². The molecule has 0 fully saturated rings. The summed E-state index contributed by atoms with van der Waals surface area (Å²) in [5.41, 5.74) is 0.374. The highest BCUT2D eigenvalue weighted by Gasteiger charge is 2.32. The van der Waals surface area contributed by atoms with Crippen LogP contribution in [-0.4, -0.2) is 30.8 Å². The van der Waals surface area contributed by atoms with E-state index in [0.717, 1.165) is 4.90 Å². The van der Waals surface area contributed by atoms with Crippen molar-refractivity contribution in [2.24, 2.45) is 11.8 Å². The highest BCUT2D eigenvalue weighted by molar-refractivity contribution is 8.05. The minimum Gasteiger partial charge on any atom is -0.466 e. The Morgan fingerprint density at radius 1 is 1.17 bits per heavy atom. The number of carbonyl (C=O) groups excluding carboxylic acids is 1. The zero-order valence-corrected chi connectivity index (χ0v) is 16.8. The Hall–Kier alpha value is -0.770. The standard InChI is InChI=1S/C18H29O4PS/c1-5-21-18(19)16(12-15(3)4)13-23(20,22-6-2)14-24-17-10-8-7-9-11-17/h7-11,15-16H,5-6,12-14H2,1-4H3. The van der Waals surface area contributed by atoms with E-state index in [2.05, 4.69) is 13.8 Å². The molecule has 2 unspecified atom stereocenters. The number of esters is 1. The van der Waals surface area contributed by atoms with Crippen LogP contribution in [0.1, 0.15) is 34.1 Å². The van der Waals surface area contributed by atoms with Gasteiger partial charge in [0.2, 0.25) is 7.37 Å².